The van der Waals surface area contributed by atoms with Gasteiger partial charge in [0.1, 0.15) is 0 Å². The second-order valence-corrected chi connectivity index (χ2v) is 4.29. The highest BCUT2D eigenvalue weighted by atomic mass is 32.1. The lowest BCUT2D eigenvalue weighted by Gasteiger charge is -2.12. The molecule has 0 spiro atoms. The summed E-state index contributed by atoms with van der Waals surface area (Å²) in [5.41, 5.74) is 2.34. The van der Waals surface area contributed by atoms with Crippen LogP contribution in [0.25, 0.3) is 0 Å². The van der Waals surface area contributed by atoms with Crippen LogP contribution in [-0.2, 0) is 0 Å². The molecule has 0 aliphatic carbocycles. The Morgan fingerprint density at radius 1 is 1.57 bits per heavy atom. The first-order valence-electron chi connectivity index (χ1n) is 4.82. The Morgan fingerprint density at radius 3 is 2.71 bits per heavy atom. The third-order valence-corrected chi connectivity index (χ3v) is 2.80. The fourth-order valence-corrected chi connectivity index (χ4v) is 1.99. The maximum Gasteiger partial charge on any atom is 0.0776 e. The molecule has 0 saturated heterocycles. The van der Waals surface area contributed by atoms with Crippen LogP contribution in [0, 0.1) is 6.92 Å². The van der Waals surface area contributed by atoms with Gasteiger partial charge in [-0.05, 0) is 38.8 Å². The van der Waals surface area contributed by atoms with Crippen molar-refractivity contribution in [2.45, 2.75) is 33.7 Å². The van der Waals surface area contributed by atoms with E-state index in [1.54, 1.807) is 0 Å². The maximum atomic E-state index is 4.03. The Labute approximate surface area is 89.4 Å². The molecular formula is C10H17N3S. The summed E-state index contributed by atoms with van der Waals surface area (Å²) in [4.78, 5) is 1.22. The Hall–Kier alpha value is -0.740. The number of aryl methyl sites for hydroxylation is 1. The first-order valence-corrected chi connectivity index (χ1v) is 5.59. The molecule has 0 aromatic carbocycles. The van der Waals surface area contributed by atoms with Crippen LogP contribution in [0.1, 0.15) is 37.4 Å². The van der Waals surface area contributed by atoms with E-state index in [0.717, 1.165) is 12.2 Å². The number of likely N-dealkylation sites (N-methyl/N-ethyl adjacent to an activating group) is 1. The molecule has 0 aliphatic heterocycles. The summed E-state index contributed by atoms with van der Waals surface area (Å²) in [5, 5.41) is 7.44. The molecule has 0 fully saturated rings. The van der Waals surface area contributed by atoms with E-state index in [-0.39, 0.29) is 6.04 Å². The predicted octanol–water partition coefficient (Wildman–Crippen LogP) is 2.46. The minimum absolute atomic E-state index is 0.269. The van der Waals surface area contributed by atoms with Gasteiger partial charge in [-0.15, -0.1) is 5.10 Å². The van der Waals surface area contributed by atoms with Crippen LogP contribution >= 0.6 is 11.5 Å². The van der Waals surface area contributed by atoms with E-state index in [2.05, 4.69) is 41.8 Å². The van der Waals surface area contributed by atoms with Gasteiger partial charge < -0.3 is 5.32 Å². The van der Waals surface area contributed by atoms with Crippen molar-refractivity contribution in [3.63, 3.8) is 0 Å². The summed E-state index contributed by atoms with van der Waals surface area (Å²) in [7, 11) is 0. The standard InChI is InChI=1S/C10H17N3S/c1-5-11-9(6-7(2)3)10-8(4)12-13-14-10/h6,9,11H,5H2,1-4H3. The largest absolute Gasteiger partial charge is 0.306 e. The molecule has 0 bridgehead atoms. The lowest BCUT2D eigenvalue weighted by molar-refractivity contribution is 0.649. The molecule has 1 aromatic rings. The lowest BCUT2D eigenvalue weighted by Crippen LogP contribution is -2.19. The van der Waals surface area contributed by atoms with Gasteiger partial charge in [0.15, 0.2) is 0 Å². The highest BCUT2D eigenvalue weighted by Gasteiger charge is 2.13. The van der Waals surface area contributed by atoms with Crippen LogP contribution in [0.2, 0.25) is 0 Å². The number of allylic oxidation sites excluding steroid dienone is 1. The minimum atomic E-state index is 0.269. The first kappa shape index (κ1) is 11.3. The molecule has 1 atom stereocenters. The Balaban J connectivity index is 2.88. The fraction of sp³-hybridized carbons (Fsp3) is 0.600. The topological polar surface area (TPSA) is 37.8 Å². The number of hydrogen-bond acceptors (Lipinski definition) is 4. The molecular weight excluding hydrogens is 194 g/mol. The molecule has 1 unspecified atom stereocenters. The Kier molecular flexibility index (Phi) is 4.22. The normalized spacial score (nSPS) is 12.6. The summed E-state index contributed by atoms with van der Waals surface area (Å²) in [6.45, 7) is 9.27. The number of aromatic nitrogens is 2. The van der Waals surface area contributed by atoms with Crippen LogP contribution in [0.15, 0.2) is 11.6 Å². The maximum absolute atomic E-state index is 4.03. The summed E-state index contributed by atoms with van der Waals surface area (Å²) in [6.07, 6.45) is 2.21. The summed E-state index contributed by atoms with van der Waals surface area (Å²) < 4.78 is 3.95. The predicted molar refractivity (Wildman–Crippen MR) is 60.5 cm³/mol. The van der Waals surface area contributed by atoms with Crippen molar-refractivity contribution in [1.82, 2.24) is 14.9 Å². The van der Waals surface area contributed by atoms with Gasteiger partial charge >= 0.3 is 0 Å². The first-order chi connectivity index (χ1) is 6.65. The van der Waals surface area contributed by atoms with Crippen molar-refractivity contribution in [3.8, 4) is 0 Å². The van der Waals surface area contributed by atoms with E-state index in [4.69, 9.17) is 0 Å². The molecule has 78 valence electrons. The van der Waals surface area contributed by atoms with Gasteiger partial charge in [-0.1, -0.05) is 23.1 Å². The number of nitrogens with zero attached hydrogens (tertiary/aromatic N) is 2. The van der Waals surface area contributed by atoms with Gasteiger partial charge in [-0.2, -0.15) is 0 Å². The Bertz CT molecular complexity index is 313. The van der Waals surface area contributed by atoms with E-state index in [1.807, 2.05) is 6.92 Å². The van der Waals surface area contributed by atoms with Crippen LogP contribution in [-0.4, -0.2) is 16.1 Å². The Morgan fingerprint density at radius 2 is 2.29 bits per heavy atom. The molecule has 4 heteroatoms. The number of rotatable bonds is 4. The van der Waals surface area contributed by atoms with Gasteiger partial charge in [-0.25, -0.2) is 0 Å². The summed E-state index contributed by atoms with van der Waals surface area (Å²) in [5.74, 6) is 0. The van der Waals surface area contributed by atoms with Crippen molar-refractivity contribution < 1.29 is 0 Å². The monoisotopic (exact) mass is 211 g/mol. The SMILES string of the molecule is CCNC(C=C(C)C)c1snnc1C. The molecule has 1 N–H and O–H groups in total. The van der Waals surface area contributed by atoms with E-state index >= 15 is 0 Å². The van der Waals surface area contributed by atoms with Gasteiger partial charge in [0.25, 0.3) is 0 Å². The van der Waals surface area contributed by atoms with Crippen LogP contribution in [0.4, 0.5) is 0 Å². The van der Waals surface area contributed by atoms with Crippen LogP contribution in [0.5, 0.6) is 0 Å². The fourth-order valence-electron chi connectivity index (χ4n) is 1.30. The van der Waals surface area contributed by atoms with E-state index in [0.29, 0.717) is 0 Å². The molecule has 1 rings (SSSR count). The summed E-state index contributed by atoms with van der Waals surface area (Å²) in [6, 6.07) is 0.269. The van der Waals surface area contributed by atoms with Crippen molar-refractivity contribution in [2.24, 2.45) is 0 Å². The third kappa shape index (κ3) is 2.89. The molecule has 0 saturated carbocycles. The quantitative estimate of drug-likeness (QED) is 0.777. The van der Waals surface area contributed by atoms with Gasteiger partial charge in [0, 0.05) is 0 Å². The average molecular weight is 211 g/mol. The van der Waals surface area contributed by atoms with Crippen LogP contribution < -0.4 is 5.32 Å². The van der Waals surface area contributed by atoms with E-state index in [1.165, 1.54) is 22.0 Å². The van der Waals surface area contributed by atoms with Crippen molar-refractivity contribution in [1.29, 1.82) is 0 Å². The molecule has 1 heterocycles. The van der Waals surface area contributed by atoms with E-state index in [9.17, 15) is 0 Å². The highest BCUT2D eigenvalue weighted by molar-refractivity contribution is 7.05. The minimum Gasteiger partial charge on any atom is -0.306 e. The molecule has 1 aromatic heterocycles. The molecule has 3 nitrogen and oxygen atoms in total. The van der Waals surface area contributed by atoms with Crippen molar-refractivity contribution in [2.75, 3.05) is 6.54 Å². The highest BCUT2D eigenvalue weighted by Crippen LogP contribution is 2.21. The van der Waals surface area contributed by atoms with Crippen molar-refractivity contribution >= 4 is 11.5 Å². The average Bonchev–Trinajstić information content (AvgIpc) is 2.50. The molecule has 0 radical (unpaired) electrons. The number of nitrogens with one attached hydrogen (secondary N) is 1. The second kappa shape index (κ2) is 5.22. The van der Waals surface area contributed by atoms with Crippen molar-refractivity contribution in [3.05, 3.63) is 22.2 Å². The lowest BCUT2D eigenvalue weighted by atomic mass is 10.1. The van der Waals surface area contributed by atoms with Gasteiger partial charge in [0.2, 0.25) is 0 Å². The second-order valence-electron chi connectivity index (χ2n) is 3.50. The molecule has 0 amide bonds. The zero-order valence-electron chi connectivity index (χ0n) is 9.16. The zero-order chi connectivity index (χ0) is 10.6. The molecule has 0 aliphatic rings. The van der Waals surface area contributed by atoms with Gasteiger partial charge in [0.05, 0.1) is 16.6 Å². The third-order valence-electron chi connectivity index (χ3n) is 1.89. The van der Waals surface area contributed by atoms with Gasteiger partial charge in [-0.3, -0.25) is 0 Å². The summed E-state index contributed by atoms with van der Waals surface area (Å²) >= 11 is 1.47. The number of hydrogen-bond donors (Lipinski definition) is 1. The van der Waals surface area contributed by atoms with E-state index < -0.39 is 0 Å². The zero-order valence-corrected chi connectivity index (χ0v) is 9.98. The molecule has 14 heavy (non-hydrogen) atoms. The van der Waals surface area contributed by atoms with Crippen LogP contribution in [0.3, 0.4) is 0 Å². The smallest absolute Gasteiger partial charge is 0.0776 e.